The Morgan fingerprint density at radius 1 is 1.29 bits per heavy atom. The van der Waals surface area contributed by atoms with E-state index in [2.05, 4.69) is 34.1 Å². The number of aromatic nitrogens is 2. The first-order chi connectivity index (χ1) is 13.4. The highest BCUT2D eigenvalue weighted by Gasteiger charge is 2.16. The van der Waals surface area contributed by atoms with Gasteiger partial charge in [-0.3, -0.25) is 4.79 Å². The van der Waals surface area contributed by atoms with Gasteiger partial charge in [0.2, 0.25) is 0 Å². The Kier molecular flexibility index (Phi) is 5.46. The second-order valence-electron chi connectivity index (χ2n) is 6.59. The van der Waals surface area contributed by atoms with Crippen LogP contribution in [0, 0.1) is 32.1 Å². The third-order valence-electron chi connectivity index (χ3n) is 4.62. The lowest BCUT2D eigenvalue weighted by Crippen LogP contribution is -2.13. The van der Waals surface area contributed by atoms with Crippen molar-refractivity contribution in [1.29, 1.82) is 5.26 Å². The van der Waals surface area contributed by atoms with E-state index in [9.17, 15) is 10.1 Å². The highest BCUT2D eigenvalue weighted by Crippen LogP contribution is 2.25. The molecule has 2 aromatic heterocycles. The average Bonchev–Trinajstić information content (AvgIpc) is 3.21. The van der Waals surface area contributed by atoms with Gasteiger partial charge in [0, 0.05) is 23.1 Å². The van der Waals surface area contributed by atoms with E-state index in [0.717, 1.165) is 29.1 Å². The van der Waals surface area contributed by atoms with E-state index in [4.69, 9.17) is 4.52 Å². The number of nitrogens with zero attached hydrogens (tertiary/aromatic N) is 3. The largest absolute Gasteiger partial charge is 0.360 e. The molecule has 0 bridgehead atoms. The Hall–Kier alpha value is -3.59. The second kappa shape index (κ2) is 7.97. The minimum atomic E-state index is -0.519. The van der Waals surface area contributed by atoms with Gasteiger partial charge in [-0.2, -0.15) is 5.26 Å². The number of rotatable bonds is 5. The maximum Gasteiger partial charge on any atom is 0.267 e. The first kappa shape index (κ1) is 19.2. The first-order valence-electron chi connectivity index (χ1n) is 9.08. The Balaban J connectivity index is 1.97. The average molecular weight is 374 g/mol. The zero-order chi connectivity index (χ0) is 20.3. The summed E-state index contributed by atoms with van der Waals surface area (Å²) in [5.74, 6) is 0.344. The van der Waals surface area contributed by atoms with Crippen LogP contribution in [-0.2, 0) is 11.2 Å². The molecule has 1 amide bonds. The number of hydrogen-bond acceptors (Lipinski definition) is 4. The fourth-order valence-electron chi connectivity index (χ4n) is 3.25. The molecule has 2 heterocycles. The van der Waals surface area contributed by atoms with Crippen molar-refractivity contribution in [2.75, 3.05) is 5.32 Å². The molecule has 1 aromatic carbocycles. The van der Waals surface area contributed by atoms with Crippen LogP contribution in [0.5, 0.6) is 0 Å². The third-order valence-corrected chi connectivity index (χ3v) is 4.62. The minimum absolute atomic E-state index is 0.00433. The molecule has 0 fully saturated rings. The summed E-state index contributed by atoms with van der Waals surface area (Å²) in [6.07, 6.45) is 2.52. The summed E-state index contributed by atoms with van der Waals surface area (Å²) in [5.41, 5.74) is 5.18. The summed E-state index contributed by atoms with van der Waals surface area (Å²) in [5, 5.41) is 15.8. The Morgan fingerprint density at radius 2 is 2.04 bits per heavy atom. The van der Waals surface area contributed by atoms with Crippen LogP contribution in [0.4, 0.5) is 5.82 Å². The van der Waals surface area contributed by atoms with Crippen molar-refractivity contribution in [3.05, 3.63) is 70.2 Å². The molecule has 6 nitrogen and oxygen atoms in total. The summed E-state index contributed by atoms with van der Waals surface area (Å²) in [6, 6.07) is 13.8. The van der Waals surface area contributed by atoms with Crippen molar-refractivity contribution in [3.63, 3.8) is 0 Å². The maximum absolute atomic E-state index is 12.4. The van der Waals surface area contributed by atoms with Crippen molar-refractivity contribution in [2.45, 2.75) is 34.1 Å². The lowest BCUT2D eigenvalue weighted by Gasteiger charge is -2.14. The molecule has 6 heteroatoms. The van der Waals surface area contributed by atoms with Crippen LogP contribution in [0.25, 0.3) is 11.8 Å². The molecule has 1 N–H and O–H groups in total. The van der Waals surface area contributed by atoms with E-state index in [1.165, 1.54) is 5.56 Å². The number of para-hydroxylation sites is 1. The number of aryl methyl sites for hydroxylation is 3. The summed E-state index contributed by atoms with van der Waals surface area (Å²) < 4.78 is 7.09. The van der Waals surface area contributed by atoms with Gasteiger partial charge in [0.25, 0.3) is 5.91 Å². The first-order valence-corrected chi connectivity index (χ1v) is 9.08. The predicted molar refractivity (Wildman–Crippen MR) is 108 cm³/mol. The number of nitrogens with one attached hydrogen (secondary N) is 1. The third kappa shape index (κ3) is 3.74. The van der Waals surface area contributed by atoms with Gasteiger partial charge in [-0.05, 0) is 56.5 Å². The Bertz CT molecular complexity index is 1100. The summed E-state index contributed by atoms with van der Waals surface area (Å²) in [6.45, 7) is 7.85. The molecule has 0 aliphatic rings. The van der Waals surface area contributed by atoms with Crippen LogP contribution in [0.2, 0.25) is 0 Å². The molecule has 0 spiro atoms. The summed E-state index contributed by atoms with van der Waals surface area (Å²) in [7, 11) is 0. The zero-order valence-corrected chi connectivity index (χ0v) is 16.4. The molecule has 0 radical (unpaired) electrons. The molecule has 0 unspecified atom stereocenters. The predicted octanol–water partition coefficient (Wildman–Crippen LogP) is 4.50. The van der Waals surface area contributed by atoms with E-state index in [1.54, 1.807) is 19.1 Å². The molecule has 0 aliphatic carbocycles. The molecule has 28 heavy (non-hydrogen) atoms. The molecule has 3 aromatic rings. The second-order valence-corrected chi connectivity index (χ2v) is 6.59. The summed E-state index contributed by atoms with van der Waals surface area (Å²) >= 11 is 0. The Morgan fingerprint density at radius 3 is 2.68 bits per heavy atom. The van der Waals surface area contributed by atoms with Crippen LogP contribution in [-0.4, -0.2) is 15.6 Å². The van der Waals surface area contributed by atoms with Gasteiger partial charge in [-0.1, -0.05) is 30.3 Å². The molecule has 0 saturated heterocycles. The summed E-state index contributed by atoms with van der Waals surface area (Å²) in [4.78, 5) is 12.4. The highest BCUT2D eigenvalue weighted by atomic mass is 16.5. The van der Waals surface area contributed by atoms with Crippen LogP contribution >= 0.6 is 0 Å². The molecule has 0 aliphatic heterocycles. The number of carbonyl (C=O) groups excluding carboxylic acids is 1. The zero-order valence-electron chi connectivity index (χ0n) is 16.4. The van der Waals surface area contributed by atoms with Crippen molar-refractivity contribution in [1.82, 2.24) is 9.72 Å². The fourth-order valence-corrected chi connectivity index (χ4v) is 3.25. The molecule has 0 atom stereocenters. The van der Waals surface area contributed by atoms with E-state index in [0.29, 0.717) is 5.76 Å². The maximum atomic E-state index is 12.4. The Labute approximate surface area is 164 Å². The van der Waals surface area contributed by atoms with E-state index < -0.39 is 5.91 Å². The molecule has 0 saturated carbocycles. The van der Waals surface area contributed by atoms with Crippen molar-refractivity contribution >= 4 is 17.8 Å². The van der Waals surface area contributed by atoms with Crippen molar-refractivity contribution < 1.29 is 9.32 Å². The van der Waals surface area contributed by atoms with Gasteiger partial charge < -0.3 is 14.4 Å². The number of benzene rings is 1. The van der Waals surface area contributed by atoms with Gasteiger partial charge in [-0.25, -0.2) is 0 Å². The monoisotopic (exact) mass is 374 g/mol. The number of nitriles is 1. The number of amides is 1. The van der Waals surface area contributed by atoms with Gasteiger partial charge in [0.1, 0.15) is 17.4 Å². The normalized spacial score (nSPS) is 11.3. The van der Waals surface area contributed by atoms with Crippen LogP contribution in [0.1, 0.15) is 35.2 Å². The fraction of sp³-hybridized carbons (Fsp3) is 0.227. The number of carbonyl (C=O) groups is 1. The van der Waals surface area contributed by atoms with E-state index in [1.807, 2.05) is 38.1 Å². The lowest BCUT2D eigenvalue weighted by atomic mass is 10.1. The van der Waals surface area contributed by atoms with Crippen molar-refractivity contribution in [3.8, 4) is 11.8 Å². The smallest absolute Gasteiger partial charge is 0.267 e. The topological polar surface area (TPSA) is 83.9 Å². The van der Waals surface area contributed by atoms with E-state index >= 15 is 0 Å². The van der Waals surface area contributed by atoms with Crippen LogP contribution in [0.3, 0.4) is 0 Å². The SMILES string of the molecule is CCc1ccccc1-n1c(C)cc(/C=C(/C#N)C(=O)Nc2cc(C)on2)c1C. The lowest BCUT2D eigenvalue weighted by molar-refractivity contribution is -0.112. The van der Waals surface area contributed by atoms with Gasteiger partial charge in [-0.15, -0.1) is 0 Å². The number of hydrogen-bond donors (Lipinski definition) is 1. The van der Waals surface area contributed by atoms with Gasteiger partial charge in [0.05, 0.1) is 0 Å². The van der Waals surface area contributed by atoms with E-state index in [-0.39, 0.29) is 11.4 Å². The molecular formula is C22H22N4O2. The quantitative estimate of drug-likeness (QED) is 0.526. The van der Waals surface area contributed by atoms with Gasteiger partial charge in [0.15, 0.2) is 5.82 Å². The van der Waals surface area contributed by atoms with Gasteiger partial charge >= 0.3 is 0 Å². The standard InChI is InChI=1S/C22H22N4O2/c1-5-17-8-6-7-9-20(17)26-14(2)10-18(16(26)4)12-19(13-23)22(27)24-21-11-15(3)28-25-21/h6-12H,5H2,1-4H3,(H,24,25,27)/b19-12-. The van der Waals surface area contributed by atoms with Crippen LogP contribution in [0.15, 0.2) is 46.5 Å². The molecule has 142 valence electrons. The number of anilines is 1. The molecule has 3 rings (SSSR count). The van der Waals surface area contributed by atoms with Crippen LogP contribution < -0.4 is 5.32 Å². The highest BCUT2D eigenvalue weighted by molar-refractivity contribution is 6.09. The van der Waals surface area contributed by atoms with Crippen molar-refractivity contribution in [2.24, 2.45) is 0 Å². The molecular weight excluding hydrogens is 352 g/mol. The minimum Gasteiger partial charge on any atom is -0.360 e.